The van der Waals surface area contributed by atoms with E-state index in [1.807, 2.05) is 0 Å². The Morgan fingerprint density at radius 3 is 2.59 bits per heavy atom. The van der Waals surface area contributed by atoms with Gasteiger partial charge in [0.25, 0.3) is 0 Å². The van der Waals surface area contributed by atoms with Gasteiger partial charge in [-0.1, -0.05) is 0 Å². The molecule has 1 heterocycles. The lowest BCUT2D eigenvalue weighted by Gasteiger charge is -2.11. The second-order valence-electron chi connectivity index (χ2n) is 2.97. The van der Waals surface area contributed by atoms with Gasteiger partial charge in [-0.25, -0.2) is 0 Å². The summed E-state index contributed by atoms with van der Waals surface area (Å²) in [5, 5.41) is 10.7. The van der Waals surface area contributed by atoms with Gasteiger partial charge in [-0.15, -0.1) is 24.8 Å². The number of alkyl halides is 4. The molecule has 0 unspecified atom stereocenters. The highest BCUT2D eigenvalue weighted by atomic mass is 35.5. The maximum absolute atomic E-state index is 12.0. The zero-order valence-electron chi connectivity index (χ0n) is 8.42. The van der Waals surface area contributed by atoms with Crippen LogP contribution in [0.4, 0.5) is 18.9 Å². The SMILES string of the molecule is Cc1ncc(OC(F)(F)F)c([N+](=O)[O-])c1CCl. The highest BCUT2D eigenvalue weighted by Crippen LogP contribution is 2.35. The zero-order chi connectivity index (χ0) is 13.2. The number of pyridine rings is 1. The standard InChI is InChI=1S/C8H6ClF3N2O3/c1-4-5(2-9)7(14(15)16)6(3-13-4)17-8(10,11)12/h3H,2H2,1H3. The molecule has 0 radical (unpaired) electrons. The van der Waals surface area contributed by atoms with Crippen molar-refractivity contribution < 1.29 is 22.8 Å². The normalized spacial score (nSPS) is 11.4. The predicted molar refractivity (Wildman–Crippen MR) is 51.9 cm³/mol. The van der Waals surface area contributed by atoms with Crippen LogP contribution in [0.2, 0.25) is 0 Å². The fraction of sp³-hybridized carbons (Fsp3) is 0.375. The van der Waals surface area contributed by atoms with E-state index in [0.717, 1.165) is 0 Å². The molecule has 0 atom stereocenters. The number of halogens is 4. The van der Waals surface area contributed by atoms with Crippen LogP contribution in [0.5, 0.6) is 5.75 Å². The van der Waals surface area contributed by atoms with Crippen LogP contribution in [0.3, 0.4) is 0 Å². The number of hydrogen-bond acceptors (Lipinski definition) is 4. The number of hydrogen-bond donors (Lipinski definition) is 0. The van der Waals surface area contributed by atoms with Crippen molar-refractivity contribution in [3.63, 3.8) is 0 Å². The van der Waals surface area contributed by atoms with E-state index in [2.05, 4.69) is 9.72 Å². The van der Waals surface area contributed by atoms with E-state index in [1.165, 1.54) is 6.92 Å². The number of rotatable bonds is 3. The van der Waals surface area contributed by atoms with Gasteiger partial charge in [-0.2, -0.15) is 0 Å². The van der Waals surface area contributed by atoms with E-state index >= 15 is 0 Å². The van der Waals surface area contributed by atoms with Crippen LogP contribution in [0, 0.1) is 17.0 Å². The Balaban J connectivity index is 3.36. The molecule has 5 nitrogen and oxygen atoms in total. The van der Waals surface area contributed by atoms with Crippen LogP contribution < -0.4 is 4.74 Å². The lowest BCUT2D eigenvalue weighted by Crippen LogP contribution is -2.18. The molecular formula is C8H6ClF3N2O3. The van der Waals surface area contributed by atoms with E-state index in [1.54, 1.807) is 0 Å². The minimum atomic E-state index is -5.02. The molecular weight excluding hydrogens is 265 g/mol. The zero-order valence-corrected chi connectivity index (χ0v) is 9.17. The first-order valence-corrected chi connectivity index (χ1v) is 4.74. The second kappa shape index (κ2) is 4.74. The summed E-state index contributed by atoms with van der Waals surface area (Å²) >= 11 is 5.44. The van der Waals surface area contributed by atoms with Crippen molar-refractivity contribution in [2.75, 3.05) is 0 Å². The van der Waals surface area contributed by atoms with Gasteiger partial charge < -0.3 is 4.74 Å². The number of ether oxygens (including phenoxy) is 1. The van der Waals surface area contributed by atoms with Gasteiger partial charge in [0.15, 0.2) is 0 Å². The Bertz CT molecular complexity index is 450. The lowest BCUT2D eigenvalue weighted by atomic mass is 10.2. The monoisotopic (exact) mass is 270 g/mol. The van der Waals surface area contributed by atoms with E-state index in [0.29, 0.717) is 6.20 Å². The third-order valence-corrected chi connectivity index (χ3v) is 2.14. The first-order valence-electron chi connectivity index (χ1n) is 4.21. The Morgan fingerprint density at radius 2 is 2.18 bits per heavy atom. The smallest absolute Gasteiger partial charge is 0.397 e. The molecule has 0 aliphatic carbocycles. The van der Waals surface area contributed by atoms with E-state index in [9.17, 15) is 23.3 Å². The highest BCUT2D eigenvalue weighted by molar-refractivity contribution is 6.17. The van der Waals surface area contributed by atoms with Gasteiger partial charge in [0.1, 0.15) is 0 Å². The first-order chi connectivity index (χ1) is 7.76. The van der Waals surface area contributed by atoms with Gasteiger partial charge in [0.05, 0.1) is 22.6 Å². The van der Waals surface area contributed by atoms with Crippen LogP contribution in [0.25, 0.3) is 0 Å². The molecule has 0 spiro atoms. The van der Waals surface area contributed by atoms with Crippen molar-refractivity contribution >= 4 is 17.3 Å². The summed E-state index contributed by atoms with van der Waals surface area (Å²) in [5.41, 5.74) is -0.732. The molecule has 0 aliphatic heterocycles. The molecule has 1 rings (SSSR count). The molecule has 0 saturated heterocycles. The van der Waals surface area contributed by atoms with Crippen LogP contribution in [-0.2, 0) is 5.88 Å². The predicted octanol–water partition coefficient (Wildman–Crippen LogP) is 2.94. The van der Waals surface area contributed by atoms with Crippen LogP contribution in [0.15, 0.2) is 6.20 Å². The van der Waals surface area contributed by atoms with Crippen molar-refractivity contribution in [3.8, 4) is 5.75 Å². The molecule has 9 heteroatoms. The molecule has 0 N–H and O–H groups in total. The Hall–Kier alpha value is -1.57. The average Bonchev–Trinajstić information content (AvgIpc) is 2.17. The van der Waals surface area contributed by atoms with Crippen molar-refractivity contribution in [3.05, 3.63) is 27.6 Å². The van der Waals surface area contributed by atoms with Gasteiger partial charge >= 0.3 is 12.0 Å². The van der Waals surface area contributed by atoms with Crippen molar-refractivity contribution in [2.24, 2.45) is 0 Å². The van der Waals surface area contributed by atoms with E-state index in [-0.39, 0.29) is 17.1 Å². The molecule has 0 saturated carbocycles. The summed E-state index contributed by atoms with van der Waals surface area (Å²) in [4.78, 5) is 13.3. The van der Waals surface area contributed by atoms with Gasteiger partial charge in [0.2, 0.25) is 5.75 Å². The van der Waals surface area contributed by atoms with Gasteiger partial charge in [0, 0.05) is 5.69 Å². The third-order valence-electron chi connectivity index (χ3n) is 1.87. The minimum Gasteiger partial charge on any atom is -0.397 e. The number of nitrogens with zero attached hydrogens (tertiary/aromatic N) is 2. The van der Waals surface area contributed by atoms with Crippen molar-refractivity contribution in [1.82, 2.24) is 4.98 Å². The van der Waals surface area contributed by atoms with Gasteiger partial charge in [-0.05, 0) is 6.92 Å². The average molecular weight is 271 g/mol. The molecule has 0 aromatic carbocycles. The molecule has 0 aliphatic rings. The molecule has 0 fully saturated rings. The number of aromatic nitrogens is 1. The van der Waals surface area contributed by atoms with Gasteiger partial charge in [-0.3, -0.25) is 15.1 Å². The molecule has 94 valence electrons. The largest absolute Gasteiger partial charge is 0.573 e. The van der Waals surface area contributed by atoms with E-state index in [4.69, 9.17) is 11.6 Å². The summed E-state index contributed by atoms with van der Waals surface area (Å²) < 4.78 is 39.6. The quantitative estimate of drug-likeness (QED) is 0.481. The second-order valence-corrected chi connectivity index (χ2v) is 3.24. The fourth-order valence-electron chi connectivity index (χ4n) is 1.17. The summed E-state index contributed by atoms with van der Waals surface area (Å²) in [6.07, 6.45) is -4.37. The molecule has 0 amide bonds. The maximum Gasteiger partial charge on any atom is 0.573 e. The number of nitro groups is 1. The van der Waals surface area contributed by atoms with Crippen molar-refractivity contribution in [2.45, 2.75) is 19.2 Å². The minimum absolute atomic E-state index is 0.0987. The Kier molecular flexibility index (Phi) is 3.76. The Morgan fingerprint density at radius 1 is 1.59 bits per heavy atom. The molecule has 1 aromatic rings. The fourth-order valence-corrected chi connectivity index (χ4v) is 1.49. The molecule has 0 bridgehead atoms. The van der Waals surface area contributed by atoms with Crippen LogP contribution in [0.1, 0.15) is 11.3 Å². The highest BCUT2D eigenvalue weighted by Gasteiger charge is 2.36. The maximum atomic E-state index is 12.0. The van der Waals surface area contributed by atoms with Crippen molar-refractivity contribution in [1.29, 1.82) is 0 Å². The molecule has 17 heavy (non-hydrogen) atoms. The molecule has 1 aromatic heterocycles. The lowest BCUT2D eigenvalue weighted by molar-refractivity contribution is -0.389. The topological polar surface area (TPSA) is 65.3 Å². The number of aryl methyl sites for hydroxylation is 1. The van der Waals surface area contributed by atoms with E-state index < -0.39 is 22.7 Å². The summed E-state index contributed by atoms with van der Waals surface area (Å²) in [6.45, 7) is 1.40. The Labute approximate surface area is 98.3 Å². The first kappa shape index (κ1) is 13.5. The summed E-state index contributed by atoms with van der Waals surface area (Å²) in [7, 11) is 0. The van der Waals surface area contributed by atoms with Crippen LogP contribution >= 0.6 is 11.6 Å². The third kappa shape index (κ3) is 3.19. The van der Waals surface area contributed by atoms with Crippen LogP contribution in [-0.4, -0.2) is 16.3 Å². The summed E-state index contributed by atoms with van der Waals surface area (Å²) in [6, 6.07) is 0. The summed E-state index contributed by atoms with van der Waals surface area (Å²) in [5.74, 6) is -1.30.